The van der Waals surface area contributed by atoms with Crippen molar-refractivity contribution in [3.8, 4) is 0 Å². The molecule has 0 aliphatic carbocycles. The number of benzene rings is 1. The average Bonchev–Trinajstić information content (AvgIpc) is 2.40. The zero-order valence-corrected chi connectivity index (χ0v) is 9.55. The molecular formula is C13H13N3O. The second-order valence-electron chi connectivity index (χ2n) is 3.61. The molecule has 2 aromatic rings. The van der Waals surface area contributed by atoms with Crippen LogP contribution in [0.4, 0.5) is 5.69 Å². The van der Waals surface area contributed by atoms with Gasteiger partial charge in [-0.15, -0.1) is 5.10 Å². The summed E-state index contributed by atoms with van der Waals surface area (Å²) >= 11 is 0. The van der Waals surface area contributed by atoms with Crippen LogP contribution in [0.15, 0.2) is 42.6 Å². The van der Waals surface area contributed by atoms with Gasteiger partial charge in [0.25, 0.3) is 5.91 Å². The summed E-state index contributed by atoms with van der Waals surface area (Å²) in [7, 11) is 0. The largest absolute Gasteiger partial charge is 0.321 e. The van der Waals surface area contributed by atoms with E-state index in [2.05, 4.69) is 22.4 Å². The Hall–Kier alpha value is -2.23. The molecule has 0 radical (unpaired) electrons. The third kappa shape index (κ3) is 2.87. The zero-order chi connectivity index (χ0) is 12.1. The Morgan fingerprint density at radius 2 is 2.00 bits per heavy atom. The van der Waals surface area contributed by atoms with Gasteiger partial charge in [0.05, 0.1) is 0 Å². The highest BCUT2D eigenvalue weighted by Gasteiger charge is 2.06. The van der Waals surface area contributed by atoms with E-state index in [4.69, 9.17) is 0 Å². The van der Waals surface area contributed by atoms with Crippen LogP contribution in [-0.2, 0) is 6.42 Å². The van der Waals surface area contributed by atoms with Crippen molar-refractivity contribution in [3.05, 3.63) is 53.9 Å². The van der Waals surface area contributed by atoms with Crippen LogP contribution in [0.5, 0.6) is 0 Å². The highest BCUT2D eigenvalue weighted by atomic mass is 16.1. The van der Waals surface area contributed by atoms with Crippen molar-refractivity contribution in [2.24, 2.45) is 0 Å². The molecule has 1 aromatic carbocycles. The maximum absolute atomic E-state index is 11.8. The van der Waals surface area contributed by atoms with Crippen LogP contribution in [0, 0.1) is 0 Å². The lowest BCUT2D eigenvalue weighted by molar-refractivity contribution is 0.102. The molecule has 0 bridgehead atoms. The minimum atomic E-state index is -0.248. The van der Waals surface area contributed by atoms with E-state index < -0.39 is 0 Å². The van der Waals surface area contributed by atoms with Crippen LogP contribution >= 0.6 is 0 Å². The molecule has 0 atom stereocenters. The molecule has 4 nitrogen and oxygen atoms in total. The summed E-state index contributed by atoms with van der Waals surface area (Å²) in [6.07, 6.45) is 2.52. The molecule has 0 unspecified atom stereocenters. The molecule has 0 aliphatic rings. The lowest BCUT2D eigenvalue weighted by Crippen LogP contribution is -2.13. The lowest BCUT2D eigenvalue weighted by atomic mass is 10.1. The quantitative estimate of drug-likeness (QED) is 0.875. The molecular weight excluding hydrogens is 214 g/mol. The predicted octanol–water partition coefficient (Wildman–Crippen LogP) is 2.29. The monoisotopic (exact) mass is 227 g/mol. The van der Waals surface area contributed by atoms with Crippen molar-refractivity contribution in [3.63, 3.8) is 0 Å². The minimum absolute atomic E-state index is 0.248. The first-order valence-corrected chi connectivity index (χ1v) is 5.47. The Labute approximate surface area is 99.7 Å². The molecule has 0 saturated carbocycles. The van der Waals surface area contributed by atoms with E-state index in [1.807, 2.05) is 24.3 Å². The van der Waals surface area contributed by atoms with Gasteiger partial charge in [0.2, 0.25) is 0 Å². The number of amides is 1. The summed E-state index contributed by atoms with van der Waals surface area (Å²) < 4.78 is 0. The number of hydrogen-bond acceptors (Lipinski definition) is 3. The molecule has 1 aromatic heterocycles. The van der Waals surface area contributed by atoms with Gasteiger partial charge in [0.15, 0.2) is 5.69 Å². The van der Waals surface area contributed by atoms with Gasteiger partial charge in [-0.1, -0.05) is 19.1 Å². The van der Waals surface area contributed by atoms with Crippen LogP contribution in [0.25, 0.3) is 0 Å². The molecule has 0 fully saturated rings. The third-order valence-corrected chi connectivity index (χ3v) is 2.42. The molecule has 0 aliphatic heterocycles. The van der Waals surface area contributed by atoms with Crippen molar-refractivity contribution in [2.75, 3.05) is 5.32 Å². The van der Waals surface area contributed by atoms with Crippen molar-refractivity contribution >= 4 is 11.6 Å². The molecule has 0 spiro atoms. The third-order valence-electron chi connectivity index (χ3n) is 2.42. The summed E-state index contributed by atoms with van der Waals surface area (Å²) in [6.45, 7) is 2.09. The number of aromatic nitrogens is 2. The zero-order valence-electron chi connectivity index (χ0n) is 9.55. The maximum Gasteiger partial charge on any atom is 0.276 e. The van der Waals surface area contributed by atoms with Gasteiger partial charge in [0, 0.05) is 11.9 Å². The Balaban J connectivity index is 2.08. The molecule has 1 amide bonds. The summed E-state index contributed by atoms with van der Waals surface area (Å²) in [5, 5.41) is 10.2. The Kier molecular flexibility index (Phi) is 3.45. The van der Waals surface area contributed by atoms with Gasteiger partial charge in [-0.25, -0.2) is 0 Å². The first-order chi connectivity index (χ1) is 8.29. The second-order valence-corrected chi connectivity index (χ2v) is 3.61. The first-order valence-electron chi connectivity index (χ1n) is 5.47. The number of rotatable bonds is 3. The van der Waals surface area contributed by atoms with E-state index in [0.717, 1.165) is 12.1 Å². The number of carbonyl (C=O) groups excluding carboxylic acids is 1. The van der Waals surface area contributed by atoms with E-state index in [-0.39, 0.29) is 5.91 Å². The van der Waals surface area contributed by atoms with E-state index >= 15 is 0 Å². The highest BCUT2D eigenvalue weighted by molar-refractivity contribution is 6.02. The summed E-state index contributed by atoms with van der Waals surface area (Å²) in [6, 6.07) is 11.1. The molecule has 17 heavy (non-hydrogen) atoms. The number of nitrogens with zero attached hydrogens (tertiary/aromatic N) is 2. The molecule has 4 heteroatoms. The molecule has 1 N–H and O–H groups in total. The van der Waals surface area contributed by atoms with E-state index in [1.54, 1.807) is 12.1 Å². The lowest BCUT2D eigenvalue weighted by Gasteiger charge is -2.04. The SMILES string of the molecule is CCc1ccc(NC(=O)c2cccnn2)cc1. The van der Waals surface area contributed by atoms with Crippen molar-refractivity contribution in [1.29, 1.82) is 0 Å². The number of nitrogens with one attached hydrogen (secondary N) is 1. The van der Waals surface area contributed by atoms with Crippen LogP contribution in [0.2, 0.25) is 0 Å². The van der Waals surface area contributed by atoms with Crippen LogP contribution in [-0.4, -0.2) is 16.1 Å². The highest BCUT2D eigenvalue weighted by Crippen LogP contribution is 2.10. The Morgan fingerprint density at radius 1 is 1.24 bits per heavy atom. The molecule has 0 saturated heterocycles. The fourth-order valence-corrected chi connectivity index (χ4v) is 1.44. The van der Waals surface area contributed by atoms with Crippen LogP contribution in [0.1, 0.15) is 23.0 Å². The molecule has 86 valence electrons. The number of carbonyl (C=O) groups is 1. The predicted molar refractivity (Wildman–Crippen MR) is 65.8 cm³/mol. The van der Waals surface area contributed by atoms with Gasteiger partial charge in [0.1, 0.15) is 0 Å². The van der Waals surface area contributed by atoms with Gasteiger partial charge in [-0.3, -0.25) is 4.79 Å². The minimum Gasteiger partial charge on any atom is -0.321 e. The fraction of sp³-hybridized carbons (Fsp3) is 0.154. The fourth-order valence-electron chi connectivity index (χ4n) is 1.44. The average molecular weight is 227 g/mol. The molecule has 1 heterocycles. The van der Waals surface area contributed by atoms with E-state index in [1.165, 1.54) is 11.8 Å². The van der Waals surface area contributed by atoms with E-state index in [9.17, 15) is 4.79 Å². The van der Waals surface area contributed by atoms with Gasteiger partial charge in [-0.2, -0.15) is 5.10 Å². The number of anilines is 1. The number of hydrogen-bond donors (Lipinski definition) is 1. The van der Waals surface area contributed by atoms with Gasteiger partial charge in [-0.05, 0) is 36.2 Å². The summed E-state index contributed by atoms with van der Waals surface area (Å²) in [5.74, 6) is -0.248. The van der Waals surface area contributed by atoms with Gasteiger partial charge >= 0.3 is 0 Å². The summed E-state index contributed by atoms with van der Waals surface area (Å²) in [4.78, 5) is 11.8. The smallest absolute Gasteiger partial charge is 0.276 e. The topological polar surface area (TPSA) is 54.9 Å². The number of aryl methyl sites for hydroxylation is 1. The standard InChI is InChI=1S/C13H13N3O/c1-2-10-5-7-11(8-6-10)15-13(17)12-4-3-9-14-16-12/h3-9H,2H2,1H3,(H,15,17). The second kappa shape index (κ2) is 5.21. The summed E-state index contributed by atoms with van der Waals surface area (Å²) in [5.41, 5.74) is 2.31. The van der Waals surface area contributed by atoms with Gasteiger partial charge < -0.3 is 5.32 Å². The van der Waals surface area contributed by atoms with E-state index in [0.29, 0.717) is 5.69 Å². The van der Waals surface area contributed by atoms with Crippen LogP contribution in [0.3, 0.4) is 0 Å². The maximum atomic E-state index is 11.8. The Bertz CT molecular complexity index is 494. The van der Waals surface area contributed by atoms with Crippen LogP contribution < -0.4 is 5.32 Å². The first kappa shape index (κ1) is 11.3. The van der Waals surface area contributed by atoms with Crippen molar-refractivity contribution < 1.29 is 4.79 Å². The van der Waals surface area contributed by atoms with Crippen molar-refractivity contribution in [2.45, 2.75) is 13.3 Å². The van der Waals surface area contributed by atoms with Crippen molar-refractivity contribution in [1.82, 2.24) is 10.2 Å². The normalized spacial score (nSPS) is 9.94. The Morgan fingerprint density at radius 3 is 2.59 bits per heavy atom. The molecule has 2 rings (SSSR count).